The molecular formula is C30H42N2O6. The van der Waals surface area contributed by atoms with Crippen molar-refractivity contribution < 1.29 is 28.9 Å². The quantitative estimate of drug-likeness (QED) is 0.420. The van der Waals surface area contributed by atoms with E-state index in [0.29, 0.717) is 43.9 Å². The Hall–Kier alpha value is -3.26. The van der Waals surface area contributed by atoms with Gasteiger partial charge in [-0.2, -0.15) is 0 Å². The average Bonchev–Trinajstić information content (AvgIpc) is 2.86. The number of phenolic OH excluding ortho intramolecular Hbond substituents is 1. The predicted octanol–water partition coefficient (Wildman–Crippen LogP) is 5.72. The number of carbonyl (C=O) groups excluding carboxylic acids is 2. The lowest BCUT2D eigenvalue weighted by molar-refractivity contribution is 0.00753. The predicted molar refractivity (Wildman–Crippen MR) is 148 cm³/mol. The molecule has 1 aliphatic rings. The van der Waals surface area contributed by atoms with Gasteiger partial charge in [-0.25, -0.2) is 4.79 Å². The molecule has 2 aromatic carbocycles. The fraction of sp³-hybridized carbons (Fsp3) is 0.533. The summed E-state index contributed by atoms with van der Waals surface area (Å²) in [5.41, 5.74) is 1.30. The molecule has 38 heavy (non-hydrogen) atoms. The van der Waals surface area contributed by atoms with E-state index in [1.54, 1.807) is 24.1 Å². The lowest BCUT2D eigenvalue weighted by atomic mass is 9.95. The second-order valence-corrected chi connectivity index (χ2v) is 11.0. The van der Waals surface area contributed by atoms with Crippen LogP contribution in [0.2, 0.25) is 0 Å². The number of benzene rings is 2. The van der Waals surface area contributed by atoms with Crippen LogP contribution in [0.3, 0.4) is 0 Å². The largest absolute Gasteiger partial charge is 0.504 e. The van der Waals surface area contributed by atoms with E-state index in [1.165, 1.54) is 0 Å². The van der Waals surface area contributed by atoms with Gasteiger partial charge in [0.15, 0.2) is 11.5 Å². The van der Waals surface area contributed by atoms with Crippen LogP contribution in [-0.2, 0) is 9.47 Å². The number of amides is 2. The van der Waals surface area contributed by atoms with E-state index in [1.807, 2.05) is 69.9 Å². The van der Waals surface area contributed by atoms with Crippen molar-refractivity contribution >= 4 is 12.0 Å². The molecule has 1 N–H and O–H groups in total. The third-order valence-corrected chi connectivity index (χ3v) is 6.40. The van der Waals surface area contributed by atoms with Crippen LogP contribution in [0.4, 0.5) is 4.79 Å². The summed E-state index contributed by atoms with van der Waals surface area (Å²) in [5, 5.41) is 10.8. The first-order valence-corrected chi connectivity index (χ1v) is 13.4. The molecule has 1 atom stereocenters. The maximum Gasteiger partial charge on any atom is 0.410 e. The Morgan fingerprint density at radius 2 is 1.84 bits per heavy atom. The number of carbonyl (C=O) groups is 2. The molecule has 1 saturated heterocycles. The Labute approximate surface area is 226 Å². The van der Waals surface area contributed by atoms with Crippen molar-refractivity contribution in [1.82, 2.24) is 9.80 Å². The summed E-state index contributed by atoms with van der Waals surface area (Å²) in [6.45, 7) is 11.4. The Balaban J connectivity index is 1.96. The third kappa shape index (κ3) is 7.63. The SMILES string of the molecule is COCCCOc1cc(C(=O)N(C(C)C)[C@@H]2CCCN(C(=O)OC(C)(C)C)C2)c(-c2ccccc2)cc1O. The zero-order valence-corrected chi connectivity index (χ0v) is 23.5. The Morgan fingerprint density at radius 3 is 2.47 bits per heavy atom. The van der Waals surface area contributed by atoms with Crippen LogP contribution in [-0.4, -0.2) is 78.0 Å². The van der Waals surface area contributed by atoms with Gasteiger partial charge in [0.2, 0.25) is 0 Å². The first-order chi connectivity index (χ1) is 18.0. The normalized spacial score (nSPS) is 15.9. The number of hydrogen-bond acceptors (Lipinski definition) is 6. The summed E-state index contributed by atoms with van der Waals surface area (Å²) in [5.74, 6) is 0.0613. The second kappa shape index (κ2) is 13.0. The minimum absolute atomic E-state index is 0.0253. The highest BCUT2D eigenvalue weighted by molar-refractivity contribution is 6.02. The van der Waals surface area contributed by atoms with E-state index < -0.39 is 5.60 Å². The maximum atomic E-state index is 14.3. The first-order valence-electron chi connectivity index (χ1n) is 13.4. The van der Waals surface area contributed by atoms with Gasteiger partial charge in [-0.15, -0.1) is 0 Å². The standard InChI is InChI=1S/C30H42N2O6/c1-21(2)32(23-14-10-15-31(20-23)29(35)38-30(3,4)5)28(34)25-19-27(37-17-11-16-36-6)26(33)18-24(25)22-12-8-7-9-13-22/h7-9,12-13,18-19,21,23,33H,10-11,14-17,20H2,1-6H3/t23-/m1/s1. The van der Waals surface area contributed by atoms with Gasteiger partial charge in [0, 0.05) is 39.3 Å². The molecule has 0 radical (unpaired) electrons. The summed E-state index contributed by atoms with van der Waals surface area (Å²) in [4.78, 5) is 30.6. The van der Waals surface area contributed by atoms with E-state index in [2.05, 4.69) is 0 Å². The lowest BCUT2D eigenvalue weighted by Crippen LogP contribution is -2.54. The molecule has 8 nitrogen and oxygen atoms in total. The number of ether oxygens (including phenoxy) is 3. The Bertz CT molecular complexity index is 1080. The van der Waals surface area contributed by atoms with E-state index in [-0.39, 0.29) is 35.6 Å². The molecule has 208 valence electrons. The van der Waals surface area contributed by atoms with Crippen LogP contribution in [0.5, 0.6) is 11.5 Å². The average molecular weight is 527 g/mol. The molecule has 0 saturated carbocycles. The summed E-state index contributed by atoms with van der Waals surface area (Å²) in [7, 11) is 1.62. The van der Waals surface area contributed by atoms with Crippen LogP contribution in [0.15, 0.2) is 42.5 Å². The van der Waals surface area contributed by atoms with Crippen molar-refractivity contribution in [3.63, 3.8) is 0 Å². The maximum absolute atomic E-state index is 14.3. The number of aromatic hydroxyl groups is 1. The van der Waals surface area contributed by atoms with Crippen molar-refractivity contribution in [3.8, 4) is 22.6 Å². The topological polar surface area (TPSA) is 88.5 Å². The van der Waals surface area contributed by atoms with Crippen molar-refractivity contribution in [2.75, 3.05) is 33.4 Å². The van der Waals surface area contributed by atoms with E-state index in [9.17, 15) is 14.7 Å². The summed E-state index contributed by atoms with van der Waals surface area (Å²) in [6, 6.07) is 12.5. The van der Waals surface area contributed by atoms with E-state index in [0.717, 1.165) is 18.4 Å². The molecule has 0 bridgehead atoms. The minimum Gasteiger partial charge on any atom is -0.504 e. The second-order valence-electron chi connectivity index (χ2n) is 11.0. The minimum atomic E-state index is -0.589. The lowest BCUT2D eigenvalue weighted by Gasteiger charge is -2.41. The summed E-state index contributed by atoms with van der Waals surface area (Å²) < 4.78 is 16.5. The van der Waals surface area contributed by atoms with Gasteiger partial charge < -0.3 is 29.1 Å². The Kier molecular flexibility index (Phi) is 10.0. The van der Waals surface area contributed by atoms with Crippen LogP contribution < -0.4 is 4.74 Å². The number of phenols is 1. The van der Waals surface area contributed by atoms with Gasteiger partial charge >= 0.3 is 6.09 Å². The van der Waals surface area contributed by atoms with Gasteiger partial charge in [-0.05, 0) is 70.7 Å². The number of likely N-dealkylation sites (tertiary alicyclic amines) is 1. The van der Waals surface area contributed by atoms with Crippen molar-refractivity contribution in [2.24, 2.45) is 0 Å². The Morgan fingerprint density at radius 1 is 1.13 bits per heavy atom. The molecule has 1 heterocycles. The molecule has 3 rings (SSSR count). The number of rotatable bonds is 9. The molecular weight excluding hydrogens is 484 g/mol. The summed E-state index contributed by atoms with van der Waals surface area (Å²) in [6.07, 6.45) is 1.85. The highest BCUT2D eigenvalue weighted by Gasteiger charge is 2.35. The molecule has 0 aromatic heterocycles. The number of hydrogen-bond donors (Lipinski definition) is 1. The van der Waals surface area contributed by atoms with E-state index >= 15 is 0 Å². The fourth-order valence-electron chi connectivity index (χ4n) is 4.74. The molecule has 1 aliphatic heterocycles. The van der Waals surface area contributed by atoms with Crippen LogP contribution in [0, 0.1) is 0 Å². The van der Waals surface area contributed by atoms with Gasteiger partial charge in [-0.1, -0.05) is 30.3 Å². The van der Waals surface area contributed by atoms with Crippen molar-refractivity contribution in [3.05, 3.63) is 48.0 Å². The molecule has 2 amide bonds. The molecule has 2 aromatic rings. The van der Waals surface area contributed by atoms with Gasteiger partial charge in [-0.3, -0.25) is 4.79 Å². The zero-order chi connectivity index (χ0) is 27.9. The third-order valence-electron chi connectivity index (χ3n) is 6.40. The number of nitrogens with zero attached hydrogens (tertiary/aromatic N) is 2. The van der Waals surface area contributed by atoms with Crippen LogP contribution in [0.1, 0.15) is 64.2 Å². The zero-order valence-electron chi connectivity index (χ0n) is 23.5. The van der Waals surface area contributed by atoms with E-state index in [4.69, 9.17) is 14.2 Å². The molecule has 8 heteroatoms. The fourth-order valence-corrected chi connectivity index (χ4v) is 4.74. The highest BCUT2D eigenvalue weighted by Crippen LogP contribution is 2.37. The van der Waals surface area contributed by atoms with Gasteiger partial charge in [0.1, 0.15) is 5.60 Å². The number of piperidine rings is 1. The molecule has 0 spiro atoms. The first kappa shape index (κ1) is 29.3. The van der Waals surface area contributed by atoms with Crippen LogP contribution >= 0.6 is 0 Å². The molecule has 0 aliphatic carbocycles. The molecule has 1 fully saturated rings. The summed E-state index contributed by atoms with van der Waals surface area (Å²) >= 11 is 0. The monoisotopic (exact) mass is 526 g/mol. The van der Waals surface area contributed by atoms with Crippen molar-refractivity contribution in [2.45, 2.75) is 71.6 Å². The van der Waals surface area contributed by atoms with Crippen molar-refractivity contribution in [1.29, 1.82) is 0 Å². The number of methoxy groups -OCH3 is 1. The van der Waals surface area contributed by atoms with Gasteiger partial charge in [0.25, 0.3) is 5.91 Å². The smallest absolute Gasteiger partial charge is 0.410 e. The highest BCUT2D eigenvalue weighted by atomic mass is 16.6. The van der Waals surface area contributed by atoms with Gasteiger partial charge in [0.05, 0.1) is 18.2 Å². The van der Waals surface area contributed by atoms with Crippen LogP contribution in [0.25, 0.3) is 11.1 Å². The molecule has 0 unspecified atom stereocenters.